The molecule has 0 aromatic carbocycles. The van der Waals surface area contributed by atoms with E-state index >= 15 is 0 Å². The van der Waals surface area contributed by atoms with E-state index in [0.717, 1.165) is 83.5 Å². The van der Waals surface area contributed by atoms with Crippen molar-refractivity contribution in [2.75, 3.05) is 13.2 Å². The highest BCUT2D eigenvalue weighted by atomic mass is 16.6. The molecule has 0 saturated heterocycles. The molecule has 354 valence electrons. The van der Waals surface area contributed by atoms with Gasteiger partial charge in [0.15, 0.2) is 6.10 Å². The van der Waals surface area contributed by atoms with E-state index in [1.165, 1.54) is 141 Å². The highest BCUT2D eigenvalue weighted by Crippen LogP contribution is 2.15. The highest BCUT2D eigenvalue weighted by Gasteiger charge is 2.19. The number of carbonyl (C=O) groups is 3. The molecule has 0 aliphatic carbocycles. The van der Waals surface area contributed by atoms with Crippen LogP contribution in [0.15, 0.2) is 48.6 Å². The smallest absolute Gasteiger partial charge is 0.306 e. The molecule has 0 rings (SSSR count). The monoisotopic (exact) mass is 855 g/mol. The van der Waals surface area contributed by atoms with Gasteiger partial charge in [0.05, 0.1) is 0 Å². The van der Waals surface area contributed by atoms with Crippen molar-refractivity contribution in [1.82, 2.24) is 0 Å². The van der Waals surface area contributed by atoms with Gasteiger partial charge in [-0.25, -0.2) is 0 Å². The fraction of sp³-hybridized carbons (Fsp3) is 0.800. The summed E-state index contributed by atoms with van der Waals surface area (Å²) in [6, 6.07) is 0. The van der Waals surface area contributed by atoms with E-state index in [1.807, 2.05) is 0 Å². The number of allylic oxidation sites excluding steroid dienone is 8. The van der Waals surface area contributed by atoms with Crippen LogP contribution in [0.4, 0.5) is 0 Å². The standard InChI is InChI=1S/C55H98O6/c1-4-7-10-13-16-19-22-24-25-26-27-28-29-31-34-36-39-42-45-48-54(57)60-51-52(61-55(58)49-46-43-40-37-32-21-18-15-12-9-6-3)50-59-53(56)47-44-41-38-35-33-30-23-20-17-14-11-8-5-2/h16,19,24-25,27-28,31,34,52H,4-15,17-18,20-23,26,29-30,32-33,35-51H2,1-3H3/b19-16-,25-24-,28-27-,34-31-/t52-/m0/s1. The number of rotatable bonds is 47. The predicted molar refractivity (Wildman–Crippen MR) is 261 cm³/mol. The molecule has 0 saturated carbocycles. The fourth-order valence-electron chi connectivity index (χ4n) is 7.37. The van der Waals surface area contributed by atoms with Gasteiger partial charge in [0.2, 0.25) is 0 Å². The molecule has 0 fully saturated rings. The van der Waals surface area contributed by atoms with Crippen LogP contribution in [0.1, 0.15) is 265 Å². The first kappa shape index (κ1) is 58.4. The average Bonchev–Trinajstić information content (AvgIpc) is 3.26. The summed E-state index contributed by atoms with van der Waals surface area (Å²) in [4.78, 5) is 37.9. The molecule has 6 nitrogen and oxygen atoms in total. The van der Waals surface area contributed by atoms with Crippen molar-refractivity contribution in [2.45, 2.75) is 271 Å². The minimum Gasteiger partial charge on any atom is -0.462 e. The van der Waals surface area contributed by atoms with Crippen molar-refractivity contribution in [3.63, 3.8) is 0 Å². The van der Waals surface area contributed by atoms with Crippen molar-refractivity contribution in [3.05, 3.63) is 48.6 Å². The molecular formula is C55H98O6. The van der Waals surface area contributed by atoms with E-state index in [0.29, 0.717) is 19.3 Å². The average molecular weight is 855 g/mol. The summed E-state index contributed by atoms with van der Waals surface area (Å²) in [6.07, 6.45) is 59.5. The maximum absolute atomic E-state index is 12.8. The van der Waals surface area contributed by atoms with Crippen LogP contribution in [0.3, 0.4) is 0 Å². The van der Waals surface area contributed by atoms with Crippen LogP contribution in [-0.4, -0.2) is 37.2 Å². The Balaban J connectivity index is 4.38. The maximum Gasteiger partial charge on any atom is 0.306 e. The van der Waals surface area contributed by atoms with Crippen molar-refractivity contribution < 1.29 is 28.6 Å². The summed E-state index contributed by atoms with van der Waals surface area (Å²) < 4.78 is 16.8. The third-order valence-corrected chi connectivity index (χ3v) is 11.3. The molecule has 0 aromatic rings. The lowest BCUT2D eigenvalue weighted by molar-refractivity contribution is -0.167. The Hall–Kier alpha value is -2.63. The van der Waals surface area contributed by atoms with Crippen LogP contribution in [0.2, 0.25) is 0 Å². The minimum absolute atomic E-state index is 0.0797. The Bertz CT molecular complexity index is 1070. The second-order valence-electron chi connectivity index (χ2n) is 17.4. The predicted octanol–water partition coefficient (Wildman–Crippen LogP) is 17.1. The third-order valence-electron chi connectivity index (χ3n) is 11.3. The lowest BCUT2D eigenvalue weighted by Gasteiger charge is -2.18. The summed E-state index contributed by atoms with van der Waals surface area (Å²) >= 11 is 0. The van der Waals surface area contributed by atoms with Gasteiger partial charge in [-0.1, -0.05) is 230 Å². The Morgan fingerprint density at radius 2 is 0.590 bits per heavy atom. The zero-order chi connectivity index (χ0) is 44.4. The number of ether oxygens (including phenoxy) is 3. The number of hydrogen-bond acceptors (Lipinski definition) is 6. The quantitative estimate of drug-likeness (QED) is 0.0263. The van der Waals surface area contributed by atoms with E-state index in [1.54, 1.807) is 0 Å². The topological polar surface area (TPSA) is 78.9 Å². The molecule has 0 aliphatic rings. The molecule has 0 aliphatic heterocycles. The zero-order valence-electron chi connectivity index (χ0n) is 40.4. The van der Waals surface area contributed by atoms with Gasteiger partial charge >= 0.3 is 17.9 Å². The van der Waals surface area contributed by atoms with E-state index in [9.17, 15) is 14.4 Å². The summed E-state index contributed by atoms with van der Waals surface area (Å²) in [7, 11) is 0. The van der Waals surface area contributed by atoms with Crippen LogP contribution >= 0.6 is 0 Å². The van der Waals surface area contributed by atoms with E-state index in [2.05, 4.69) is 69.4 Å². The van der Waals surface area contributed by atoms with Crippen molar-refractivity contribution in [2.24, 2.45) is 0 Å². The summed E-state index contributed by atoms with van der Waals surface area (Å²) in [5.41, 5.74) is 0. The Labute approximate surface area is 378 Å². The van der Waals surface area contributed by atoms with E-state index in [-0.39, 0.29) is 31.1 Å². The molecule has 0 radical (unpaired) electrons. The molecule has 0 aromatic heterocycles. The molecule has 0 amide bonds. The second kappa shape index (κ2) is 50.0. The number of unbranched alkanes of at least 4 members (excludes halogenated alkanes) is 28. The summed E-state index contributed by atoms with van der Waals surface area (Å²) in [6.45, 7) is 6.59. The minimum atomic E-state index is -0.780. The summed E-state index contributed by atoms with van der Waals surface area (Å²) in [5, 5.41) is 0. The molecule has 0 N–H and O–H groups in total. The van der Waals surface area contributed by atoms with Crippen LogP contribution < -0.4 is 0 Å². The summed E-state index contributed by atoms with van der Waals surface area (Å²) in [5.74, 6) is -0.904. The Morgan fingerprint density at radius 1 is 0.328 bits per heavy atom. The first-order valence-corrected chi connectivity index (χ1v) is 26.1. The maximum atomic E-state index is 12.8. The van der Waals surface area contributed by atoms with Crippen LogP contribution in [0.5, 0.6) is 0 Å². The van der Waals surface area contributed by atoms with E-state index in [4.69, 9.17) is 14.2 Å². The van der Waals surface area contributed by atoms with Gasteiger partial charge in [-0.2, -0.15) is 0 Å². The molecule has 1 atom stereocenters. The first-order chi connectivity index (χ1) is 30.0. The normalized spacial score (nSPS) is 12.4. The van der Waals surface area contributed by atoms with Crippen molar-refractivity contribution in [3.8, 4) is 0 Å². The van der Waals surface area contributed by atoms with Gasteiger partial charge in [0.25, 0.3) is 0 Å². The molecule has 0 heterocycles. The highest BCUT2D eigenvalue weighted by molar-refractivity contribution is 5.71. The lowest BCUT2D eigenvalue weighted by atomic mass is 10.0. The Kier molecular flexibility index (Phi) is 47.9. The number of hydrogen-bond donors (Lipinski definition) is 0. The van der Waals surface area contributed by atoms with Crippen molar-refractivity contribution >= 4 is 17.9 Å². The first-order valence-electron chi connectivity index (χ1n) is 26.1. The molecule has 0 bridgehead atoms. The second-order valence-corrected chi connectivity index (χ2v) is 17.4. The fourth-order valence-corrected chi connectivity index (χ4v) is 7.37. The van der Waals surface area contributed by atoms with Crippen LogP contribution in [-0.2, 0) is 28.6 Å². The van der Waals surface area contributed by atoms with Crippen molar-refractivity contribution in [1.29, 1.82) is 0 Å². The molecular weight excluding hydrogens is 757 g/mol. The molecule has 0 spiro atoms. The van der Waals surface area contributed by atoms with E-state index < -0.39 is 6.10 Å². The van der Waals surface area contributed by atoms with Gasteiger partial charge < -0.3 is 14.2 Å². The number of carbonyl (C=O) groups excluding carboxylic acids is 3. The SMILES string of the molecule is CCCCC/C=C\C/C=C\C/C=C\C/C=C\CCCCCC(=O)OC[C@H](COC(=O)CCCCCCCCCCCCCCC)OC(=O)CCCCCCCCCCCCC. The van der Waals surface area contributed by atoms with Crippen LogP contribution in [0.25, 0.3) is 0 Å². The zero-order valence-corrected chi connectivity index (χ0v) is 40.4. The van der Waals surface area contributed by atoms with Gasteiger partial charge in [-0.05, 0) is 64.2 Å². The van der Waals surface area contributed by atoms with Gasteiger partial charge in [-0.15, -0.1) is 0 Å². The molecule has 61 heavy (non-hydrogen) atoms. The Morgan fingerprint density at radius 3 is 0.951 bits per heavy atom. The molecule has 0 unspecified atom stereocenters. The lowest BCUT2D eigenvalue weighted by Crippen LogP contribution is -2.30. The van der Waals surface area contributed by atoms with Crippen LogP contribution in [0, 0.1) is 0 Å². The largest absolute Gasteiger partial charge is 0.462 e. The van der Waals surface area contributed by atoms with Gasteiger partial charge in [-0.3, -0.25) is 14.4 Å². The van der Waals surface area contributed by atoms with Gasteiger partial charge in [0, 0.05) is 19.3 Å². The molecule has 6 heteroatoms. The van der Waals surface area contributed by atoms with Gasteiger partial charge in [0.1, 0.15) is 13.2 Å². The third kappa shape index (κ3) is 48.3. The number of esters is 3.